The molecule has 1 N–H and O–H groups in total. The lowest BCUT2D eigenvalue weighted by atomic mass is 9.98. The number of imidazole rings is 1. The maximum absolute atomic E-state index is 13.4. The maximum Gasteiger partial charge on any atom is 0.312 e. The number of carbonyl (C=O) groups excluding carboxylic acids is 1. The van der Waals surface area contributed by atoms with E-state index in [-0.39, 0.29) is 11.8 Å². The molecule has 1 aliphatic heterocycles. The molecule has 9 heteroatoms. The Morgan fingerprint density at radius 3 is 2.97 bits per heavy atom. The molecule has 6 rings (SSSR count). The quantitative estimate of drug-likeness (QED) is 0.547. The molecule has 2 aliphatic rings. The van der Waals surface area contributed by atoms with Gasteiger partial charge in [0.25, 0.3) is 0 Å². The third-order valence-electron chi connectivity index (χ3n) is 6.19. The first-order chi connectivity index (χ1) is 15.1. The van der Waals surface area contributed by atoms with Crippen molar-refractivity contribution in [2.45, 2.75) is 51.0 Å². The first-order valence-electron chi connectivity index (χ1n) is 10.7. The summed E-state index contributed by atoms with van der Waals surface area (Å²) >= 11 is 0. The molecule has 1 saturated carbocycles. The smallest absolute Gasteiger partial charge is 0.312 e. The average Bonchev–Trinajstić information content (AvgIpc) is 3.19. The molecule has 0 unspecified atom stereocenters. The van der Waals surface area contributed by atoms with E-state index >= 15 is 0 Å². The molecule has 158 valence electrons. The lowest BCUT2D eigenvalue weighted by Gasteiger charge is -2.32. The van der Waals surface area contributed by atoms with Crippen LogP contribution in [0.15, 0.2) is 35.1 Å². The van der Waals surface area contributed by atoms with Crippen LogP contribution in [0.1, 0.15) is 83.8 Å². The van der Waals surface area contributed by atoms with Gasteiger partial charge < -0.3 is 14.3 Å². The molecule has 9 nitrogen and oxygen atoms in total. The molecule has 4 aromatic heterocycles. The first-order valence-corrected chi connectivity index (χ1v) is 10.7. The zero-order valence-electron chi connectivity index (χ0n) is 17.4. The molecule has 1 amide bonds. The number of amides is 1. The van der Waals surface area contributed by atoms with Gasteiger partial charge in [0.1, 0.15) is 6.04 Å². The van der Waals surface area contributed by atoms with Crippen LogP contribution >= 0.6 is 0 Å². The lowest BCUT2D eigenvalue weighted by Crippen LogP contribution is -2.41. The molecule has 5 heterocycles. The van der Waals surface area contributed by atoms with E-state index in [1.165, 1.54) is 5.56 Å². The third-order valence-corrected chi connectivity index (χ3v) is 6.19. The van der Waals surface area contributed by atoms with Crippen molar-refractivity contribution in [1.82, 2.24) is 34.7 Å². The fourth-order valence-corrected chi connectivity index (χ4v) is 4.41. The van der Waals surface area contributed by atoms with Gasteiger partial charge >= 0.3 is 11.8 Å². The van der Waals surface area contributed by atoms with Gasteiger partial charge in [-0.3, -0.25) is 4.79 Å². The summed E-state index contributed by atoms with van der Waals surface area (Å²) in [4.78, 5) is 22.9. The molecule has 0 saturated heterocycles. The Hall–Kier alpha value is -3.49. The number of hydrogen-bond donors (Lipinski definition) is 1. The van der Waals surface area contributed by atoms with Gasteiger partial charge in [-0.15, -0.1) is 10.2 Å². The van der Waals surface area contributed by atoms with Crippen LogP contribution in [0.2, 0.25) is 0 Å². The lowest BCUT2D eigenvalue weighted by molar-refractivity contribution is 0.0644. The van der Waals surface area contributed by atoms with Gasteiger partial charge in [0, 0.05) is 30.8 Å². The number of carbonyl (C=O) groups is 1. The minimum Gasteiger partial charge on any atom is -0.417 e. The van der Waals surface area contributed by atoms with E-state index in [1.807, 2.05) is 16.8 Å². The summed E-state index contributed by atoms with van der Waals surface area (Å²) in [6.07, 6.45) is 6.38. The Morgan fingerprint density at radius 1 is 1.29 bits per heavy atom. The number of fused-ring (bicyclic) bond motifs is 2. The van der Waals surface area contributed by atoms with E-state index < -0.39 is 6.04 Å². The highest BCUT2D eigenvalue weighted by molar-refractivity contribution is 5.90. The van der Waals surface area contributed by atoms with Crippen molar-refractivity contribution >= 4 is 11.4 Å². The van der Waals surface area contributed by atoms with Crippen molar-refractivity contribution in [3.63, 3.8) is 0 Å². The van der Waals surface area contributed by atoms with E-state index in [0.29, 0.717) is 30.7 Å². The predicted molar refractivity (Wildman–Crippen MR) is 111 cm³/mol. The minimum absolute atomic E-state index is 0.0394. The Morgan fingerprint density at radius 2 is 2.16 bits per heavy atom. The van der Waals surface area contributed by atoms with Gasteiger partial charge in [0.15, 0.2) is 0 Å². The van der Waals surface area contributed by atoms with Gasteiger partial charge in [-0.2, -0.15) is 5.10 Å². The fraction of sp³-hybridized carbons (Fsp3) is 0.409. The van der Waals surface area contributed by atoms with Crippen molar-refractivity contribution in [2.75, 3.05) is 6.54 Å². The van der Waals surface area contributed by atoms with Crippen molar-refractivity contribution in [1.29, 1.82) is 0 Å². The first kappa shape index (κ1) is 18.3. The summed E-state index contributed by atoms with van der Waals surface area (Å²) in [5, 5.41) is 13.0. The standard InChI is InChI=1S/C22H23N7O2/c1-12(2)14-4-3-8-29-17(14)10-16(27-29)19-18-15(23-11-24-18)7-9-28(19)22(30)21-26-25-20(31-21)13-5-6-13/h3-4,8,10-13,19H,5-7,9H2,1-2H3,(H,23,24)/t19-/m1/s1. The normalized spacial score (nSPS) is 18.7. The Balaban J connectivity index is 1.44. The number of rotatable bonds is 4. The van der Waals surface area contributed by atoms with Crippen LogP contribution in [-0.2, 0) is 6.42 Å². The topological polar surface area (TPSA) is 105 Å². The van der Waals surface area contributed by atoms with Crippen LogP contribution in [0.25, 0.3) is 5.52 Å². The van der Waals surface area contributed by atoms with Crippen LogP contribution in [0.3, 0.4) is 0 Å². The second kappa shape index (κ2) is 6.76. The molecular formula is C22H23N7O2. The van der Waals surface area contributed by atoms with Crippen molar-refractivity contribution < 1.29 is 9.21 Å². The van der Waals surface area contributed by atoms with Crippen LogP contribution in [0, 0.1) is 0 Å². The molecule has 1 atom stereocenters. The number of nitrogens with zero attached hydrogens (tertiary/aromatic N) is 6. The monoisotopic (exact) mass is 417 g/mol. The molecule has 1 aliphatic carbocycles. The van der Waals surface area contributed by atoms with E-state index in [9.17, 15) is 4.79 Å². The number of pyridine rings is 1. The summed E-state index contributed by atoms with van der Waals surface area (Å²) in [6, 6.07) is 5.76. The molecular weight excluding hydrogens is 394 g/mol. The summed E-state index contributed by atoms with van der Waals surface area (Å²) in [6.45, 7) is 4.85. The van der Waals surface area contributed by atoms with E-state index in [4.69, 9.17) is 9.52 Å². The zero-order chi connectivity index (χ0) is 21.1. The summed E-state index contributed by atoms with van der Waals surface area (Å²) in [7, 11) is 0. The summed E-state index contributed by atoms with van der Waals surface area (Å²) in [5.41, 5.74) is 4.87. The molecule has 0 aromatic carbocycles. The van der Waals surface area contributed by atoms with Gasteiger partial charge in [0.2, 0.25) is 5.89 Å². The van der Waals surface area contributed by atoms with Crippen LogP contribution < -0.4 is 0 Å². The third kappa shape index (κ3) is 2.95. The molecule has 0 radical (unpaired) electrons. The van der Waals surface area contributed by atoms with Gasteiger partial charge in [-0.1, -0.05) is 19.9 Å². The SMILES string of the molecule is CC(C)c1cccn2nc([C@@H]3c4nc[nH]c4CCN3C(=O)c3nnc(C4CC4)o3)cc12. The highest BCUT2D eigenvalue weighted by atomic mass is 16.4. The second-order valence-corrected chi connectivity index (χ2v) is 8.65. The predicted octanol–water partition coefficient (Wildman–Crippen LogP) is 3.23. The highest BCUT2D eigenvalue weighted by Crippen LogP contribution is 2.40. The van der Waals surface area contributed by atoms with Gasteiger partial charge in [0.05, 0.1) is 23.2 Å². The van der Waals surface area contributed by atoms with Crippen molar-refractivity contribution in [2.24, 2.45) is 0 Å². The Kier molecular flexibility index (Phi) is 3.99. The fourth-order valence-electron chi connectivity index (χ4n) is 4.41. The number of aromatic amines is 1. The summed E-state index contributed by atoms with van der Waals surface area (Å²) < 4.78 is 7.60. The van der Waals surface area contributed by atoms with Crippen LogP contribution in [-0.4, -0.2) is 47.1 Å². The largest absolute Gasteiger partial charge is 0.417 e. The number of aromatic nitrogens is 6. The highest BCUT2D eigenvalue weighted by Gasteiger charge is 2.39. The van der Waals surface area contributed by atoms with Gasteiger partial charge in [-0.05, 0) is 36.5 Å². The Labute approximate surface area is 178 Å². The summed E-state index contributed by atoms with van der Waals surface area (Å²) in [5.74, 6) is 0.984. The zero-order valence-corrected chi connectivity index (χ0v) is 17.4. The molecule has 0 spiro atoms. The van der Waals surface area contributed by atoms with Crippen molar-refractivity contribution in [3.05, 3.63) is 65.1 Å². The number of H-pyrrole nitrogens is 1. The second-order valence-electron chi connectivity index (χ2n) is 8.65. The van der Waals surface area contributed by atoms with Crippen LogP contribution in [0.5, 0.6) is 0 Å². The molecule has 31 heavy (non-hydrogen) atoms. The van der Waals surface area contributed by atoms with E-state index in [0.717, 1.165) is 35.4 Å². The number of hydrogen-bond acceptors (Lipinski definition) is 6. The Bertz CT molecular complexity index is 1280. The van der Waals surface area contributed by atoms with E-state index in [1.54, 1.807) is 11.2 Å². The molecule has 0 bridgehead atoms. The number of nitrogens with one attached hydrogen (secondary N) is 1. The van der Waals surface area contributed by atoms with Crippen LogP contribution in [0.4, 0.5) is 0 Å². The maximum atomic E-state index is 13.4. The van der Waals surface area contributed by atoms with Gasteiger partial charge in [-0.25, -0.2) is 9.50 Å². The van der Waals surface area contributed by atoms with E-state index in [2.05, 4.69) is 46.1 Å². The van der Waals surface area contributed by atoms with Crippen molar-refractivity contribution in [3.8, 4) is 0 Å². The molecule has 1 fully saturated rings. The minimum atomic E-state index is -0.418. The average molecular weight is 417 g/mol. The molecule has 4 aromatic rings.